The molecule has 0 radical (unpaired) electrons. The van der Waals surface area contributed by atoms with Crippen LogP contribution in [0.3, 0.4) is 0 Å². The highest BCUT2D eigenvalue weighted by Crippen LogP contribution is 2.30. The van der Waals surface area contributed by atoms with E-state index in [1.54, 1.807) is 0 Å². The molecule has 0 saturated heterocycles. The smallest absolute Gasteiger partial charge is 0.496 e. The second-order valence-corrected chi connectivity index (χ2v) is 2.78. The first-order chi connectivity index (χ1) is 7.37. The van der Waals surface area contributed by atoms with E-state index in [1.165, 1.54) is 7.11 Å². The van der Waals surface area contributed by atoms with Crippen molar-refractivity contribution < 1.29 is 22.6 Å². The molecule has 1 rings (SSSR count). The molecule has 90 valence electrons. The largest absolute Gasteiger partial charge is 0.574 e. The maximum atomic E-state index is 11.9. The second-order valence-electron chi connectivity index (χ2n) is 2.78. The zero-order chi connectivity index (χ0) is 12.3. The van der Waals surface area contributed by atoms with E-state index in [1.807, 2.05) is 0 Å². The van der Waals surface area contributed by atoms with Crippen molar-refractivity contribution in [3.8, 4) is 11.6 Å². The van der Waals surface area contributed by atoms with Gasteiger partial charge in [0.1, 0.15) is 11.6 Å². The molecule has 0 fully saturated rings. The van der Waals surface area contributed by atoms with E-state index in [2.05, 4.69) is 9.72 Å². The predicted molar refractivity (Wildman–Crippen MR) is 49.8 cm³/mol. The van der Waals surface area contributed by atoms with Gasteiger partial charge in [-0.2, -0.15) is 4.98 Å². The van der Waals surface area contributed by atoms with Crippen LogP contribution >= 0.6 is 0 Å². The summed E-state index contributed by atoms with van der Waals surface area (Å²) in [5.74, 6) is -0.727. The summed E-state index contributed by atoms with van der Waals surface area (Å²) in [7, 11) is 1.28. The molecule has 1 aromatic heterocycles. The minimum Gasteiger partial charge on any atom is -0.496 e. The number of hydrogen-bond donors (Lipinski definition) is 2. The summed E-state index contributed by atoms with van der Waals surface area (Å²) in [6, 6.07) is 0.978. The second kappa shape index (κ2) is 4.44. The third-order valence-corrected chi connectivity index (χ3v) is 1.74. The molecule has 8 heteroatoms. The highest BCUT2D eigenvalue weighted by Gasteiger charge is 2.32. The summed E-state index contributed by atoms with van der Waals surface area (Å²) < 4.78 is 44.2. The Balaban J connectivity index is 3.10. The molecule has 0 aliphatic heterocycles. The van der Waals surface area contributed by atoms with Gasteiger partial charge in [0, 0.05) is 12.6 Å². The van der Waals surface area contributed by atoms with Crippen LogP contribution in [0.1, 0.15) is 5.56 Å². The van der Waals surface area contributed by atoms with E-state index in [0.29, 0.717) is 5.56 Å². The molecule has 16 heavy (non-hydrogen) atoms. The van der Waals surface area contributed by atoms with Crippen molar-refractivity contribution in [3.05, 3.63) is 11.6 Å². The lowest BCUT2D eigenvalue weighted by Crippen LogP contribution is -2.19. The van der Waals surface area contributed by atoms with Crippen LogP contribution in [-0.2, 0) is 6.54 Å². The highest BCUT2D eigenvalue weighted by atomic mass is 19.4. The number of nitrogen functional groups attached to an aromatic ring is 1. The van der Waals surface area contributed by atoms with Crippen molar-refractivity contribution in [1.82, 2.24) is 4.98 Å². The SMILES string of the molecule is COc1cc(OC(F)(F)F)nc(N)c1CN. The standard InChI is InChI=1S/C8H10F3N3O2/c1-15-5-2-6(16-8(9,10)11)14-7(13)4(5)3-12/h2H,3,12H2,1H3,(H2,13,14). The Morgan fingerprint density at radius 3 is 2.50 bits per heavy atom. The Morgan fingerprint density at radius 2 is 2.06 bits per heavy atom. The van der Waals surface area contributed by atoms with Crippen LogP contribution in [0, 0.1) is 0 Å². The van der Waals surface area contributed by atoms with Crippen molar-refractivity contribution >= 4 is 5.82 Å². The van der Waals surface area contributed by atoms with Gasteiger partial charge in [0.15, 0.2) is 0 Å². The Labute approximate surface area is 89.1 Å². The molecule has 4 N–H and O–H groups in total. The van der Waals surface area contributed by atoms with E-state index in [-0.39, 0.29) is 18.1 Å². The molecule has 0 atom stereocenters. The summed E-state index contributed by atoms with van der Waals surface area (Å²) >= 11 is 0. The first-order valence-corrected chi connectivity index (χ1v) is 4.16. The lowest BCUT2D eigenvalue weighted by Gasteiger charge is -2.13. The van der Waals surface area contributed by atoms with Crippen LogP contribution in [0.4, 0.5) is 19.0 Å². The summed E-state index contributed by atoms with van der Waals surface area (Å²) in [4.78, 5) is 3.41. The normalized spacial score (nSPS) is 11.3. The van der Waals surface area contributed by atoms with Crippen LogP contribution in [0.5, 0.6) is 11.6 Å². The number of aromatic nitrogens is 1. The Hall–Kier alpha value is -1.70. The molecular formula is C8H10F3N3O2. The molecule has 0 amide bonds. The Kier molecular flexibility index (Phi) is 3.43. The third-order valence-electron chi connectivity index (χ3n) is 1.74. The van der Waals surface area contributed by atoms with Crippen molar-refractivity contribution in [3.63, 3.8) is 0 Å². The lowest BCUT2D eigenvalue weighted by atomic mass is 10.2. The minimum atomic E-state index is -4.82. The van der Waals surface area contributed by atoms with E-state index in [0.717, 1.165) is 6.07 Å². The summed E-state index contributed by atoms with van der Waals surface area (Å²) in [6.45, 7) is 0.00824. The quantitative estimate of drug-likeness (QED) is 0.820. The van der Waals surface area contributed by atoms with Crippen molar-refractivity contribution in [2.75, 3.05) is 12.8 Å². The monoisotopic (exact) mass is 237 g/mol. The van der Waals surface area contributed by atoms with Gasteiger partial charge in [0.25, 0.3) is 0 Å². The van der Waals surface area contributed by atoms with Crippen LogP contribution in [0.15, 0.2) is 6.07 Å². The van der Waals surface area contributed by atoms with Crippen molar-refractivity contribution in [1.29, 1.82) is 0 Å². The number of pyridine rings is 1. The fourth-order valence-electron chi connectivity index (χ4n) is 1.10. The molecule has 0 aromatic carbocycles. The van der Waals surface area contributed by atoms with Gasteiger partial charge in [-0.25, -0.2) is 0 Å². The molecule has 5 nitrogen and oxygen atoms in total. The average molecular weight is 237 g/mol. The van der Waals surface area contributed by atoms with Crippen molar-refractivity contribution in [2.24, 2.45) is 5.73 Å². The summed E-state index contributed by atoms with van der Waals surface area (Å²) in [6.07, 6.45) is -4.82. The molecular weight excluding hydrogens is 227 g/mol. The van der Waals surface area contributed by atoms with Gasteiger partial charge in [-0.15, -0.1) is 13.2 Å². The van der Waals surface area contributed by atoms with Gasteiger partial charge in [0.05, 0.1) is 12.7 Å². The third kappa shape index (κ3) is 2.89. The minimum absolute atomic E-state index is 0.00824. The summed E-state index contributed by atoms with van der Waals surface area (Å²) in [5.41, 5.74) is 11.1. The Morgan fingerprint density at radius 1 is 1.44 bits per heavy atom. The van der Waals surface area contributed by atoms with Crippen LogP contribution in [0.25, 0.3) is 0 Å². The van der Waals surface area contributed by atoms with Gasteiger partial charge < -0.3 is 20.9 Å². The molecule has 0 bridgehead atoms. The van der Waals surface area contributed by atoms with E-state index >= 15 is 0 Å². The predicted octanol–water partition coefficient (Wildman–Crippen LogP) is 1.03. The maximum Gasteiger partial charge on any atom is 0.574 e. The van der Waals surface area contributed by atoms with Crippen LogP contribution < -0.4 is 20.9 Å². The highest BCUT2D eigenvalue weighted by molar-refractivity contribution is 5.51. The molecule has 1 aromatic rings. The number of hydrogen-bond acceptors (Lipinski definition) is 5. The zero-order valence-corrected chi connectivity index (χ0v) is 8.34. The van der Waals surface area contributed by atoms with Gasteiger partial charge in [-0.05, 0) is 0 Å². The van der Waals surface area contributed by atoms with E-state index < -0.39 is 12.2 Å². The number of ether oxygens (including phenoxy) is 2. The molecule has 1 heterocycles. The number of nitrogens with two attached hydrogens (primary N) is 2. The van der Waals surface area contributed by atoms with Gasteiger partial charge >= 0.3 is 6.36 Å². The fraction of sp³-hybridized carbons (Fsp3) is 0.375. The van der Waals surface area contributed by atoms with Crippen LogP contribution in [-0.4, -0.2) is 18.5 Å². The molecule has 0 aliphatic carbocycles. The van der Waals surface area contributed by atoms with Gasteiger partial charge in [-0.3, -0.25) is 0 Å². The van der Waals surface area contributed by atoms with E-state index in [4.69, 9.17) is 16.2 Å². The summed E-state index contributed by atoms with van der Waals surface area (Å²) in [5, 5.41) is 0. The number of anilines is 1. The topological polar surface area (TPSA) is 83.4 Å². The van der Waals surface area contributed by atoms with E-state index in [9.17, 15) is 13.2 Å². The number of rotatable bonds is 3. The molecule has 0 spiro atoms. The number of nitrogens with zero attached hydrogens (tertiary/aromatic N) is 1. The first kappa shape index (κ1) is 12.4. The van der Waals surface area contributed by atoms with Gasteiger partial charge in [-0.1, -0.05) is 0 Å². The number of halogens is 3. The lowest BCUT2D eigenvalue weighted by molar-refractivity contribution is -0.276. The number of methoxy groups -OCH3 is 1. The van der Waals surface area contributed by atoms with Crippen molar-refractivity contribution in [2.45, 2.75) is 12.9 Å². The molecule has 0 unspecified atom stereocenters. The Bertz CT molecular complexity index is 382. The number of alkyl halides is 3. The maximum absolute atomic E-state index is 11.9. The first-order valence-electron chi connectivity index (χ1n) is 4.16. The molecule has 0 saturated carbocycles. The average Bonchev–Trinajstić information content (AvgIpc) is 2.14. The zero-order valence-electron chi connectivity index (χ0n) is 8.34. The molecule has 0 aliphatic rings. The fourth-order valence-corrected chi connectivity index (χ4v) is 1.10. The van der Waals surface area contributed by atoms with Gasteiger partial charge in [0.2, 0.25) is 5.88 Å². The van der Waals surface area contributed by atoms with Crippen LogP contribution in [0.2, 0.25) is 0 Å².